The third kappa shape index (κ3) is 4.31. The van der Waals surface area contributed by atoms with E-state index in [1.165, 1.54) is 0 Å². The Kier molecular flexibility index (Phi) is 4.47. The summed E-state index contributed by atoms with van der Waals surface area (Å²) < 4.78 is 0. The highest BCUT2D eigenvalue weighted by molar-refractivity contribution is 5.25. The van der Waals surface area contributed by atoms with Gasteiger partial charge < -0.3 is 15.5 Å². The zero-order valence-corrected chi connectivity index (χ0v) is 10.2. The highest BCUT2D eigenvalue weighted by Gasteiger charge is 2.14. The van der Waals surface area contributed by atoms with Gasteiger partial charge in [-0.05, 0) is 31.9 Å². The van der Waals surface area contributed by atoms with Crippen molar-refractivity contribution in [3.05, 3.63) is 35.4 Å². The Morgan fingerprint density at radius 2 is 2.06 bits per heavy atom. The van der Waals surface area contributed by atoms with Crippen molar-refractivity contribution in [2.45, 2.75) is 39.0 Å². The first-order valence-electron chi connectivity index (χ1n) is 5.58. The Balaban J connectivity index is 2.62. The summed E-state index contributed by atoms with van der Waals surface area (Å²) in [5, 5.41) is 21.9. The van der Waals surface area contributed by atoms with Crippen molar-refractivity contribution in [1.29, 1.82) is 0 Å². The van der Waals surface area contributed by atoms with Crippen LogP contribution in [0.5, 0.6) is 0 Å². The SMILES string of the molecule is CC(NCC(C)(C)O)c1cccc(CO)c1. The average Bonchev–Trinajstić information content (AvgIpc) is 2.25. The number of hydrogen-bond donors (Lipinski definition) is 3. The van der Waals surface area contributed by atoms with Gasteiger partial charge in [0.15, 0.2) is 0 Å². The minimum Gasteiger partial charge on any atom is -0.392 e. The number of benzene rings is 1. The lowest BCUT2D eigenvalue weighted by molar-refractivity contribution is 0.0770. The van der Waals surface area contributed by atoms with Crippen LogP contribution in [0.15, 0.2) is 24.3 Å². The smallest absolute Gasteiger partial charge is 0.0715 e. The molecular formula is C13H21NO2. The van der Waals surface area contributed by atoms with E-state index in [9.17, 15) is 5.11 Å². The van der Waals surface area contributed by atoms with E-state index < -0.39 is 5.60 Å². The van der Waals surface area contributed by atoms with Gasteiger partial charge in [0.2, 0.25) is 0 Å². The minimum absolute atomic E-state index is 0.0616. The minimum atomic E-state index is -0.706. The average molecular weight is 223 g/mol. The highest BCUT2D eigenvalue weighted by Crippen LogP contribution is 2.15. The molecule has 0 aliphatic rings. The lowest BCUT2D eigenvalue weighted by Crippen LogP contribution is -2.36. The fraction of sp³-hybridized carbons (Fsp3) is 0.538. The highest BCUT2D eigenvalue weighted by atomic mass is 16.3. The van der Waals surface area contributed by atoms with E-state index in [1.807, 2.05) is 31.2 Å². The van der Waals surface area contributed by atoms with E-state index in [4.69, 9.17) is 5.11 Å². The molecule has 0 saturated heterocycles. The molecule has 0 aliphatic carbocycles. The number of rotatable bonds is 5. The molecule has 0 saturated carbocycles. The van der Waals surface area contributed by atoms with Gasteiger partial charge in [-0.3, -0.25) is 0 Å². The van der Waals surface area contributed by atoms with Crippen LogP contribution in [0.4, 0.5) is 0 Å². The standard InChI is InChI=1S/C13H21NO2/c1-10(14-9-13(2,3)16)12-6-4-5-11(7-12)8-15/h4-7,10,14-16H,8-9H2,1-3H3. The molecule has 0 heterocycles. The lowest BCUT2D eigenvalue weighted by atomic mass is 10.0. The third-order valence-electron chi connectivity index (χ3n) is 2.47. The van der Waals surface area contributed by atoms with Crippen molar-refractivity contribution in [3.8, 4) is 0 Å². The summed E-state index contributed by atoms with van der Waals surface area (Å²) >= 11 is 0. The van der Waals surface area contributed by atoms with E-state index in [2.05, 4.69) is 5.32 Å². The second-order valence-corrected chi connectivity index (χ2v) is 4.82. The zero-order valence-electron chi connectivity index (χ0n) is 10.2. The maximum Gasteiger partial charge on any atom is 0.0715 e. The quantitative estimate of drug-likeness (QED) is 0.710. The molecule has 3 N–H and O–H groups in total. The molecule has 16 heavy (non-hydrogen) atoms. The van der Waals surface area contributed by atoms with Crippen LogP contribution in [0.25, 0.3) is 0 Å². The fourth-order valence-corrected chi connectivity index (χ4v) is 1.48. The van der Waals surface area contributed by atoms with Crippen molar-refractivity contribution >= 4 is 0 Å². The van der Waals surface area contributed by atoms with Gasteiger partial charge in [-0.25, -0.2) is 0 Å². The number of aliphatic hydroxyl groups excluding tert-OH is 1. The Morgan fingerprint density at radius 1 is 1.38 bits per heavy atom. The summed E-state index contributed by atoms with van der Waals surface area (Å²) in [5.74, 6) is 0. The summed E-state index contributed by atoms with van der Waals surface area (Å²) in [6.07, 6.45) is 0. The van der Waals surface area contributed by atoms with Crippen molar-refractivity contribution in [1.82, 2.24) is 5.32 Å². The molecule has 0 fully saturated rings. The summed E-state index contributed by atoms with van der Waals surface area (Å²) in [7, 11) is 0. The normalized spacial score (nSPS) is 13.8. The predicted molar refractivity (Wildman–Crippen MR) is 65.1 cm³/mol. The number of hydrogen-bond acceptors (Lipinski definition) is 3. The molecule has 3 heteroatoms. The molecule has 1 aromatic rings. The van der Waals surface area contributed by atoms with Crippen LogP contribution >= 0.6 is 0 Å². The first-order chi connectivity index (χ1) is 7.42. The molecular weight excluding hydrogens is 202 g/mol. The molecule has 3 nitrogen and oxygen atoms in total. The molecule has 0 aliphatic heterocycles. The van der Waals surface area contributed by atoms with Crippen molar-refractivity contribution in [3.63, 3.8) is 0 Å². The van der Waals surface area contributed by atoms with Gasteiger partial charge in [0.1, 0.15) is 0 Å². The lowest BCUT2D eigenvalue weighted by Gasteiger charge is -2.22. The van der Waals surface area contributed by atoms with Crippen LogP contribution in [0.3, 0.4) is 0 Å². The molecule has 1 aromatic carbocycles. The summed E-state index contributed by atoms with van der Waals surface area (Å²) in [6, 6.07) is 7.98. The zero-order chi connectivity index (χ0) is 12.2. The van der Waals surface area contributed by atoms with Gasteiger partial charge >= 0.3 is 0 Å². The van der Waals surface area contributed by atoms with E-state index in [1.54, 1.807) is 13.8 Å². The van der Waals surface area contributed by atoms with Crippen LogP contribution in [0.2, 0.25) is 0 Å². The van der Waals surface area contributed by atoms with Gasteiger partial charge in [-0.1, -0.05) is 24.3 Å². The van der Waals surface area contributed by atoms with Gasteiger partial charge in [0.25, 0.3) is 0 Å². The monoisotopic (exact) mass is 223 g/mol. The largest absolute Gasteiger partial charge is 0.392 e. The second-order valence-electron chi connectivity index (χ2n) is 4.82. The van der Waals surface area contributed by atoms with Crippen molar-refractivity contribution < 1.29 is 10.2 Å². The van der Waals surface area contributed by atoms with Crippen LogP contribution in [0.1, 0.15) is 37.9 Å². The van der Waals surface area contributed by atoms with Crippen LogP contribution < -0.4 is 5.32 Å². The first-order valence-corrected chi connectivity index (χ1v) is 5.58. The number of aliphatic hydroxyl groups is 2. The number of nitrogens with one attached hydrogen (secondary N) is 1. The summed E-state index contributed by atoms with van der Waals surface area (Å²) in [6.45, 7) is 6.19. The maximum absolute atomic E-state index is 9.61. The van der Waals surface area contributed by atoms with Gasteiger partial charge in [0.05, 0.1) is 12.2 Å². The maximum atomic E-state index is 9.61. The third-order valence-corrected chi connectivity index (χ3v) is 2.47. The topological polar surface area (TPSA) is 52.5 Å². The fourth-order valence-electron chi connectivity index (χ4n) is 1.48. The Bertz CT molecular complexity index is 331. The van der Waals surface area contributed by atoms with E-state index >= 15 is 0 Å². The molecule has 0 bridgehead atoms. The summed E-state index contributed by atoms with van der Waals surface area (Å²) in [5.41, 5.74) is 1.33. The molecule has 1 unspecified atom stereocenters. The Hall–Kier alpha value is -0.900. The van der Waals surface area contributed by atoms with Crippen LogP contribution in [0, 0.1) is 0 Å². The molecule has 1 rings (SSSR count). The van der Waals surface area contributed by atoms with Crippen molar-refractivity contribution in [2.24, 2.45) is 0 Å². The predicted octanol–water partition coefficient (Wildman–Crippen LogP) is 1.60. The van der Waals surface area contributed by atoms with Gasteiger partial charge in [-0.2, -0.15) is 0 Å². The second kappa shape index (κ2) is 5.43. The first kappa shape index (κ1) is 13.2. The van der Waals surface area contributed by atoms with Crippen molar-refractivity contribution in [2.75, 3.05) is 6.54 Å². The Labute approximate surface area is 97.1 Å². The summed E-state index contributed by atoms with van der Waals surface area (Å²) in [4.78, 5) is 0. The Morgan fingerprint density at radius 3 is 2.62 bits per heavy atom. The molecule has 0 spiro atoms. The molecule has 1 atom stereocenters. The molecule has 90 valence electrons. The molecule has 0 amide bonds. The van der Waals surface area contributed by atoms with E-state index in [-0.39, 0.29) is 12.6 Å². The van der Waals surface area contributed by atoms with Crippen LogP contribution in [-0.2, 0) is 6.61 Å². The van der Waals surface area contributed by atoms with Gasteiger partial charge in [0, 0.05) is 12.6 Å². The van der Waals surface area contributed by atoms with Gasteiger partial charge in [-0.15, -0.1) is 0 Å². The molecule has 0 radical (unpaired) electrons. The van der Waals surface area contributed by atoms with Crippen LogP contribution in [-0.4, -0.2) is 22.4 Å². The molecule has 0 aromatic heterocycles. The van der Waals surface area contributed by atoms with E-state index in [0.29, 0.717) is 6.54 Å². The van der Waals surface area contributed by atoms with E-state index in [0.717, 1.165) is 11.1 Å².